The minimum atomic E-state index is -0.116. The zero-order valence-corrected chi connectivity index (χ0v) is 8.35. The number of carbonyl (C=O) groups excluding carboxylic acids is 2. The molecule has 0 fully saturated rings. The zero-order valence-electron chi connectivity index (χ0n) is 8.35. The van der Waals surface area contributed by atoms with E-state index < -0.39 is 0 Å². The molecule has 2 amide bonds. The molecule has 2 N–H and O–H groups in total. The smallest absolute Gasteiger partial charge is 0.239 e. The summed E-state index contributed by atoms with van der Waals surface area (Å²) in [5, 5.41) is 5.22. The number of carbonyl (C=O) groups is 2. The van der Waals surface area contributed by atoms with Gasteiger partial charge in [0.2, 0.25) is 11.8 Å². The highest BCUT2D eigenvalue weighted by atomic mass is 16.2. The molecule has 0 bridgehead atoms. The van der Waals surface area contributed by atoms with Crippen molar-refractivity contribution >= 4 is 11.8 Å². The summed E-state index contributed by atoms with van der Waals surface area (Å²) in [6.45, 7) is 4.60. The quantitative estimate of drug-likeness (QED) is 0.591. The van der Waals surface area contributed by atoms with Gasteiger partial charge in [-0.05, 0) is 6.42 Å². The third-order valence-electron chi connectivity index (χ3n) is 1.62. The van der Waals surface area contributed by atoms with E-state index in [1.54, 1.807) is 6.92 Å². The molecular formula is C9H18N2O2. The molecule has 0 saturated carbocycles. The van der Waals surface area contributed by atoms with Crippen molar-refractivity contribution in [1.82, 2.24) is 10.6 Å². The molecule has 0 aromatic rings. The van der Waals surface area contributed by atoms with Gasteiger partial charge in [-0.15, -0.1) is 0 Å². The first kappa shape index (κ1) is 11.9. The number of hydrogen-bond acceptors (Lipinski definition) is 2. The van der Waals surface area contributed by atoms with Crippen molar-refractivity contribution in [3.8, 4) is 0 Å². The second kappa shape index (κ2) is 7.58. The molecule has 0 aromatic heterocycles. The van der Waals surface area contributed by atoms with Gasteiger partial charge in [0.1, 0.15) is 0 Å². The van der Waals surface area contributed by atoms with Gasteiger partial charge in [-0.25, -0.2) is 0 Å². The van der Waals surface area contributed by atoms with E-state index in [0.29, 0.717) is 13.0 Å². The Labute approximate surface area is 79.1 Å². The van der Waals surface area contributed by atoms with Crippen LogP contribution in [0.3, 0.4) is 0 Å². The summed E-state index contributed by atoms with van der Waals surface area (Å²) in [5.41, 5.74) is 0. The maximum atomic E-state index is 11.0. The van der Waals surface area contributed by atoms with Gasteiger partial charge >= 0.3 is 0 Å². The van der Waals surface area contributed by atoms with E-state index in [2.05, 4.69) is 17.6 Å². The van der Waals surface area contributed by atoms with Crippen molar-refractivity contribution in [2.24, 2.45) is 0 Å². The monoisotopic (exact) mass is 186 g/mol. The summed E-state index contributed by atoms with van der Waals surface area (Å²) in [4.78, 5) is 21.8. The van der Waals surface area contributed by atoms with Gasteiger partial charge in [-0.1, -0.05) is 20.3 Å². The highest BCUT2D eigenvalue weighted by Gasteiger charge is 2.01. The maximum Gasteiger partial charge on any atom is 0.239 e. The summed E-state index contributed by atoms with van der Waals surface area (Å²) in [7, 11) is 0. The molecule has 0 saturated heterocycles. The van der Waals surface area contributed by atoms with Crippen LogP contribution in [-0.2, 0) is 9.59 Å². The average Bonchev–Trinajstić information content (AvgIpc) is 2.14. The van der Waals surface area contributed by atoms with Gasteiger partial charge in [0, 0.05) is 13.0 Å². The van der Waals surface area contributed by atoms with Crippen LogP contribution in [0.5, 0.6) is 0 Å². The van der Waals surface area contributed by atoms with Crippen molar-refractivity contribution < 1.29 is 9.59 Å². The third kappa shape index (κ3) is 7.31. The van der Waals surface area contributed by atoms with E-state index in [-0.39, 0.29) is 18.4 Å². The normalized spacial score (nSPS) is 9.38. The van der Waals surface area contributed by atoms with Crippen LogP contribution in [0.1, 0.15) is 33.1 Å². The lowest BCUT2D eigenvalue weighted by Gasteiger charge is -2.04. The molecule has 4 nitrogen and oxygen atoms in total. The molecule has 4 heteroatoms. The fourth-order valence-electron chi connectivity index (χ4n) is 0.771. The lowest BCUT2D eigenvalue weighted by atomic mass is 10.3. The van der Waals surface area contributed by atoms with Gasteiger partial charge in [-0.2, -0.15) is 0 Å². The van der Waals surface area contributed by atoms with Crippen molar-refractivity contribution in [3.05, 3.63) is 0 Å². The number of rotatable bonds is 6. The molecule has 0 unspecified atom stereocenters. The van der Waals surface area contributed by atoms with Crippen LogP contribution in [-0.4, -0.2) is 24.9 Å². The molecule has 0 radical (unpaired) electrons. The minimum Gasteiger partial charge on any atom is -0.355 e. The van der Waals surface area contributed by atoms with E-state index in [4.69, 9.17) is 0 Å². The van der Waals surface area contributed by atoms with Crippen LogP contribution in [0.15, 0.2) is 0 Å². The van der Waals surface area contributed by atoms with Crippen molar-refractivity contribution in [3.63, 3.8) is 0 Å². The van der Waals surface area contributed by atoms with Gasteiger partial charge < -0.3 is 10.6 Å². The number of nitrogens with one attached hydrogen (secondary N) is 2. The van der Waals surface area contributed by atoms with Gasteiger partial charge in [0.25, 0.3) is 0 Å². The number of unbranched alkanes of at least 4 members (excludes halogenated alkanes) is 1. The summed E-state index contributed by atoms with van der Waals surface area (Å²) >= 11 is 0. The molecule has 0 heterocycles. The molecule has 0 aromatic carbocycles. The fraction of sp³-hybridized carbons (Fsp3) is 0.778. The Hall–Kier alpha value is -1.06. The van der Waals surface area contributed by atoms with Crippen molar-refractivity contribution in [2.75, 3.05) is 13.1 Å². The summed E-state index contributed by atoms with van der Waals surface area (Å²) < 4.78 is 0. The fourth-order valence-corrected chi connectivity index (χ4v) is 0.771. The van der Waals surface area contributed by atoms with Crippen LogP contribution < -0.4 is 10.6 Å². The van der Waals surface area contributed by atoms with E-state index in [1.165, 1.54) is 0 Å². The first-order chi connectivity index (χ1) is 6.20. The molecule has 0 aliphatic carbocycles. The van der Waals surface area contributed by atoms with Gasteiger partial charge in [0.05, 0.1) is 6.54 Å². The Morgan fingerprint density at radius 3 is 2.31 bits per heavy atom. The standard InChI is InChI=1S/C9H18N2O2/c1-3-5-6-10-9(13)7-11-8(12)4-2/h3-7H2,1-2H3,(H,10,13)(H,11,12). The van der Waals surface area contributed by atoms with Crippen LogP contribution >= 0.6 is 0 Å². The lowest BCUT2D eigenvalue weighted by Crippen LogP contribution is -2.36. The van der Waals surface area contributed by atoms with Crippen molar-refractivity contribution in [1.29, 1.82) is 0 Å². The zero-order chi connectivity index (χ0) is 10.1. The van der Waals surface area contributed by atoms with E-state index in [1.807, 2.05) is 0 Å². The SMILES string of the molecule is CCCCNC(=O)CNC(=O)CC. The molecule has 76 valence electrons. The second-order valence-electron chi connectivity index (χ2n) is 2.83. The molecule has 0 atom stereocenters. The van der Waals surface area contributed by atoms with E-state index >= 15 is 0 Å². The molecular weight excluding hydrogens is 168 g/mol. The lowest BCUT2D eigenvalue weighted by molar-refractivity contribution is -0.125. The predicted octanol–water partition coefficient (Wildman–Crippen LogP) is 0.429. The summed E-state index contributed by atoms with van der Waals surface area (Å²) in [5.74, 6) is -0.208. The number of hydrogen-bond donors (Lipinski definition) is 2. The third-order valence-corrected chi connectivity index (χ3v) is 1.62. The van der Waals surface area contributed by atoms with Crippen molar-refractivity contribution in [2.45, 2.75) is 33.1 Å². The van der Waals surface area contributed by atoms with E-state index in [9.17, 15) is 9.59 Å². The van der Waals surface area contributed by atoms with Gasteiger partial charge in [0.15, 0.2) is 0 Å². The molecule has 0 spiro atoms. The molecule has 0 aliphatic rings. The predicted molar refractivity (Wildman–Crippen MR) is 51.2 cm³/mol. The summed E-state index contributed by atoms with van der Waals surface area (Å²) in [6, 6.07) is 0. The Bertz CT molecular complexity index is 169. The van der Waals surface area contributed by atoms with Crippen LogP contribution in [0.2, 0.25) is 0 Å². The Morgan fingerprint density at radius 1 is 1.08 bits per heavy atom. The summed E-state index contributed by atoms with van der Waals surface area (Å²) in [6.07, 6.45) is 2.46. The Balaban J connectivity index is 3.35. The Kier molecular flexibility index (Phi) is 6.96. The molecule has 0 aliphatic heterocycles. The maximum absolute atomic E-state index is 11.0. The van der Waals surface area contributed by atoms with Crippen LogP contribution in [0.25, 0.3) is 0 Å². The molecule has 13 heavy (non-hydrogen) atoms. The highest BCUT2D eigenvalue weighted by molar-refractivity contribution is 5.84. The largest absolute Gasteiger partial charge is 0.355 e. The first-order valence-corrected chi connectivity index (χ1v) is 4.74. The van der Waals surface area contributed by atoms with Gasteiger partial charge in [-0.3, -0.25) is 9.59 Å². The minimum absolute atomic E-state index is 0.0920. The topological polar surface area (TPSA) is 58.2 Å². The first-order valence-electron chi connectivity index (χ1n) is 4.74. The molecule has 0 rings (SSSR count). The highest BCUT2D eigenvalue weighted by Crippen LogP contribution is 1.82. The Morgan fingerprint density at radius 2 is 1.77 bits per heavy atom. The van der Waals surface area contributed by atoms with Crippen LogP contribution in [0.4, 0.5) is 0 Å². The van der Waals surface area contributed by atoms with E-state index in [0.717, 1.165) is 12.8 Å². The van der Waals surface area contributed by atoms with Crippen LogP contribution in [0, 0.1) is 0 Å². The second-order valence-corrected chi connectivity index (χ2v) is 2.83. The average molecular weight is 186 g/mol. The number of amides is 2.